The molecule has 0 aliphatic heterocycles. The zero-order valence-corrected chi connectivity index (χ0v) is 22.1. The van der Waals surface area contributed by atoms with Gasteiger partial charge >= 0.3 is 0 Å². The Bertz CT molecular complexity index is 1410. The molecule has 9 heteroatoms. The van der Waals surface area contributed by atoms with Crippen LogP contribution in [0.25, 0.3) is 0 Å². The van der Waals surface area contributed by atoms with Gasteiger partial charge < -0.3 is 5.32 Å². The first-order valence-electron chi connectivity index (χ1n) is 11.0. The van der Waals surface area contributed by atoms with Gasteiger partial charge in [0.1, 0.15) is 6.54 Å². The Hall–Kier alpha value is -3.17. The minimum Gasteiger partial charge on any atom is -0.348 e. The van der Waals surface area contributed by atoms with E-state index in [2.05, 4.69) is 5.32 Å². The van der Waals surface area contributed by atoms with Crippen molar-refractivity contribution in [3.05, 3.63) is 89.0 Å². The van der Waals surface area contributed by atoms with Gasteiger partial charge in [-0.2, -0.15) is 0 Å². The third-order valence-electron chi connectivity index (χ3n) is 5.58. The number of benzene rings is 3. The lowest BCUT2D eigenvalue weighted by Crippen LogP contribution is -2.41. The van der Waals surface area contributed by atoms with Crippen LogP contribution in [0.1, 0.15) is 35.2 Å². The molecule has 0 heterocycles. The molecule has 0 saturated heterocycles. The number of aryl methyl sites for hydroxylation is 3. The van der Waals surface area contributed by atoms with Gasteiger partial charge in [0.2, 0.25) is 5.91 Å². The zero-order chi connectivity index (χ0) is 26.0. The van der Waals surface area contributed by atoms with Crippen molar-refractivity contribution < 1.29 is 21.6 Å². The summed E-state index contributed by atoms with van der Waals surface area (Å²) in [5.74, 6) is -0.487. The van der Waals surface area contributed by atoms with E-state index in [1.807, 2.05) is 26.8 Å². The van der Waals surface area contributed by atoms with E-state index in [0.29, 0.717) is 11.3 Å². The molecule has 7 nitrogen and oxygen atoms in total. The number of sulfone groups is 1. The second-order valence-corrected chi connectivity index (χ2v) is 12.7. The highest BCUT2D eigenvalue weighted by Gasteiger charge is 2.28. The lowest BCUT2D eigenvalue weighted by Gasteiger charge is -2.26. The molecule has 186 valence electrons. The summed E-state index contributed by atoms with van der Waals surface area (Å²) in [4.78, 5) is 13.3. The lowest BCUT2D eigenvalue weighted by molar-refractivity contribution is -0.120. The Morgan fingerprint density at radius 2 is 1.31 bits per heavy atom. The van der Waals surface area contributed by atoms with E-state index in [0.717, 1.165) is 27.3 Å². The molecule has 1 atom stereocenters. The second-order valence-electron chi connectivity index (χ2n) is 8.80. The number of anilines is 1. The van der Waals surface area contributed by atoms with Crippen LogP contribution in [0.15, 0.2) is 76.5 Å². The maximum absolute atomic E-state index is 13.6. The summed E-state index contributed by atoms with van der Waals surface area (Å²) in [6, 6.07) is 17.7. The van der Waals surface area contributed by atoms with Crippen molar-refractivity contribution in [3.8, 4) is 0 Å². The standard InChI is InChI=1S/C26H30N2O5S2/c1-18-6-10-25(11-7-18)35(32,33)28(23-15-19(2)14-20(3)16-23)17-26(29)27-21(4)22-8-12-24(13-9-22)34(5,30)31/h6-16,21H,17H2,1-5H3,(H,27,29)/t21-/m0/s1. The first kappa shape index (κ1) is 26.4. The predicted octanol–water partition coefficient (Wildman–Crippen LogP) is 4.09. The Morgan fingerprint density at radius 1 is 0.800 bits per heavy atom. The highest BCUT2D eigenvalue weighted by atomic mass is 32.2. The minimum atomic E-state index is -4.02. The fourth-order valence-corrected chi connectivity index (χ4v) is 5.79. The summed E-state index contributed by atoms with van der Waals surface area (Å²) in [6.07, 6.45) is 1.13. The largest absolute Gasteiger partial charge is 0.348 e. The number of carbonyl (C=O) groups is 1. The molecule has 0 saturated carbocycles. The maximum atomic E-state index is 13.6. The zero-order valence-electron chi connectivity index (χ0n) is 20.4. The lowest BCUT2D eigenvalue weighted by atomic mass is 10.1. The average Bonchev–Trinajstić information content (AvgIpc) is 2.76. The molecule has 0 spiro atoms. The molecule has 0 aromatic heterocycles. The van der Waals surface area contributed by atoms with Crippen molar-refractivity contribution in [2.24, 2.45) is 0 Å². The van der Waals surface area contributed by atoms with Crippen molar-refractivity contribution in [2.45, 2.75) is 43.5 Å². The quantitative estimate of drug-likeness (QED) is 0.488. The molecular formula is C26H30N2O5S2. The number of nitrogens with one attached hydrogen (secondary N) is 1. The van der Waals surface area contributed by atoms with E-state index in [-0.39, 0.29) is 9.79 Å². The van der Waals surface area contributed by atoms with Gasteiger partial charge in [0, 0.05) is 6.26 Å². The number of carbonyl (C=O) groups excluding carboxylic acids is 1. The summed E-state index contributed by atoms with van der Waals surface area (Å²) in [5, 5.41) is 2.82. The predicted molar refractivity (Wildman–Crippen MR) is 138 cm³/mol. The van der Waals surface area contributed by atoms with Gasteiger partial charge in [-0.25, -0.2) is 16.8 Å². The van der Waals surface area contributed by atoms with Gasteiger partial charge in [-0.3, -0.25) is 9.10 Å². The van der Waals surface area contributed by atoms with Crippen molar-refractivity contribution in [1.82, 2.24) is 5.32 Å². The number of nitrogens with zero attached hydrogens (tertiary/aromatic N) is 1. The number of amides is 1. The van der Waals surface area contributed by atoms with E-state index >= 15 is 0 Å². The molecular weight excluding hydrogens is 484 g/mol. The number of hydrogen-bond donors (Lipinski definition) is 1. The van der Waals surface area contributed by atoms with E-state index in [1.165, 1.54) is 24.3 Å². The monoisotopic (exact) mass is 514 g/mol. The molecule has 0 aliphatic rings. The van der Waals surface area contributed by atoms with Gasteiger partial charge in [0.25, 0.3) is 10.0 Å². The molecule has 1 N–H and O–H groups in total. The van der Waals surface area contributed by atoms with Gasteiger partial charge in [-0.15, -0.1) is 0 Å². The van der Waals surface area contributed by atoms with Crippen molar-refractivity contribution >= 4 is 31.5 Å². The van der Waals surface area contributed by atoms with Crippen molar-refractivity contribution in [1.29, 1.82) is 0 Å². The molecule has 0 bridgehead atoms. The Labute approximate surface area is 207 Å². The van der Waals surface area contributed by atoms with Gasteiger partial charge in [0.15, 0.2) is 9.84 Å². The van der Waals surface area contributed by atoms with Gasteiger partial charge in [-0.05, 0) is 80.8 Å². The van der Waals surface area contributed by atoms with E-state index in [9.17, 15) is 21.6 Å². The molecule has 0 radical (unpaired) electrons. The van der Waals surface area contributed by atoms with Gasteiger partial charge in [-0.1, -0.05) is 35.9 Å². The average molecular weight is 515 g/mol. The van der Waals surface area contributed by atoms with Crippen LogP contribution in [0.3, 0.4) is 0 Å². The second kappa shape index (κ2) is 10.2. The number of sulfonamides is 1. The van der Waals surface area contributed by atoms with Crippen LogP contribution < -0.4 is 9.62 Å². The van der Waals surface area contributed by atoms with Crippen molar-refractivity contribution in [2.75, 3.05) is 17.1 Å². The Morgan fingerprint density at radius 3 is 1.83 bits per heavy atom. The summed E-state index contributed by atoms with van der Waals surface area (Å²) in [5.41, 5.74) is 3.79. The smallest absolute Gasteiger partial charge is 0.264 e. The number of rotatable bonds is 8. The number of hydrogen-bond acceptors (Lipinski definition) is 5. The van der Waals surface area contributed by atoms with E-state index in [4.69, 9.17) is 0 Å². The fourth-order valence-electron chi connectivity index (χ4n) is 3.75. The van der Waals surface area contributed by atoms with Crippen LogP contribution in [-0.2, 0) is 24.7 Å². The van der Waals surface area contributed by atoms with Crippen LogP contribution in [0.4, 0.5) is 5.69 Å². The van der Waals surface area contributed by atoms with Crippen LogP contribution in [-0.4, -0.2) is 35.5 Å². The molecule has 3 aromatic rings. The van der Waals surface area contributed by atoms with E-state index < -0.39 is 38.4 Å². The molecule has 3 aromatic carbocycles. The molecule has 0 fully saturated rings. The van der Waals surface area contributed by atoms with Crippen LogP contribution in [0.2, 0.25) is 0 Å². The molecule has 1 amide bonds. The van der Waals surface area contributed by atoms with Crippen molar-refractivity contribution in [3.63, 3.8) is 0 Å². The highest BCUT2D eigenvalue weighted by molar-refractivity contribution is 7.93. The third-order valence-corrected chi connectivity index (χ3v) is 8.49. The normalized spacial score (nSPS) is 12.7. The summed E-state index contributed by atoms with van der Waals surface area (Å²) in [6.45, 7) is 6.95. The van der Waals surface area contributed by atoms with Crippen LogP contribution >= 0.6 is 0 Å². The SMILES string of the molecule is Cc1ccc(S(=O)(=O)N(CC(=O)N[C@@H](C)c2ccc(S(C)(=O)=O)cc2)c2cc(C)cc(C)c2)cc1. The topological polar surface area (TPSA) is 101 Å². The first-order valence-corrected chi connectivity index (χ1v) is 14.4. The minimum absolute atomic E-state index is 0.0967. The summed E-state index contributed by atoms with van der Waals surface area (Å²) in [7, 11) is -7.34. The molecule has 35 heavy (non-hydrogen) atoms. The van der Waals surface area contributed by atoms with Crippen LogP contribution in [0, 0.1) is 20.8 Å². The van der Waals surface area contributed by atoms with Crippen LogP contribution in [0.5, 0.6) is 0 Å². The third kappa shape index (κ3) is 6.49. The molecule has 3 rings (SSSR count). The first-order chi connectivity index (χ1) is 16.3. The molecule has 0 aliphatic carbocycles. The maximum Gasteiger partial charge on any atom is 0.264 e. The highest BCUT2D eigenvalue weighted by Crippen LogP contribution is 2.26. The van der Waals surface area contributed by atoms with Gasteiger partial charge in [0.05, 0.1) is 21.5 Å². The Balaban J connectivity index is 1.89. The fraction of sp³-hybridized carbons (Fsp3) is 0.269. The Kier molecular flexibility index (Phi) is 7.71. The summed E-state index contributed by atoms with van der Waals surface area (Å²) >= 11 is 0. The molecule has 0 unspecified atom stereocenters. The summed E-state index contributed by atoms with van der Waals surface area (Å²) < 4.78 is 51.7. The van der Waals surface area contributed by atoms with E-state index in [1.54, 1.807) is 43.3 Å².